The summed E-state index contributed by atoms with van der Waals surface area (Å²) < 4.78 is 73.2. The summed E-state index contributed by atoms with van der Waals surface area (Å²) >= 11 is -0.280. The summed E-state index contributed by atoms with van der Waals surface area (Å²) in [4.78, 5) is 3.66. The Balaban J connectivity index is 2.70. The Morgan fingerprint density at radius 2 is 1.70 bits per heavy atom. The first-order chi connectivity index (χ1) is 9.12. The number of hydrazine groups is 1. The van der Waals surface area contributed by atoms with Crippen molar-refractivity contribution < 1.29 is 26.3 Å². The molecule has 11 heteroatoms. The number of rotatable bonds is 5. The second-order valence-electron chi connectivity index (χ2n) is 3.49. The molecule has 0 fully saturated rings. The molecule has 1 heterocycles. The van der Waals surface area contributed by atoms with Crippen molar-refractivity contribution in [3.63, 3.8) is 0 Å². The van der Waals surface area contributed by atoms with Gasteiger partial charge >= 0.3 is 11.7 Å². The predicted molar refractivity (Wildman–Crippen MR) is 64.1 cm³/mol. The van der Waals surface area contributed by atoms with E-state index < -0.39 is 17.2 Å². The van der Waals surface area contributed by atoms with Gasteiger partial charge in [-0.2, -0.15) is 26.3 Å². The van der Waals surface area contributed by atoms with Crippen molar-refractivity contribution in [2.45, 2.75) is 11.7 Å². The summed E-state index contributed by atoms with van der Waals surface area (Å²) in [6.45, 7) is -0.192. The Labute approximate surface area is 114 Å². The molecule has 20 heavy (non-hydrogen) atoms. The number of aromatic nitrogens is 1. The predicted octanol–water partition coefficient (Wildman–Crippen LogP) is 3.05. The van der Waals surface area contributed by atoms with Crippen LogP contribution < -0.4 is 16.6 Å². The molecular weight excluding hydrogens is 310 g/mol. The third kappa shape index (κ3) is 5.74. The Hall–Kier alpha value is -1.36. The molecule has 0 saturated heterocycles. The van der Waals surface area contributed by atoms with Gasteiger partial charge in [-0.3, -0.25) is 0 Å². The minimum absolute atomic E-state index is 0.192. The molecule has 4 N–H and O–H groups in total. The summed E-state index contributed by atoms with van der Waals surface area (Å²) in [5.74, 6) is 4.17. The number of hydrogen-bond acceptors (Lipinski definition) is 5. The van der Waals surface area contributed by atoms with Gasteiger partial charge in [0.1, 0.15) is 11.6 Å². The van der Waals surface area contributed by atoms with E-state index in [1.54, 1.807) is 0 Å². The third-order valence-electron chi connectivity index (χ3n) is 1.97. The highest BCUT2D eigenvalue weighted by Crippen LogP contribution is 2.32. The van der Waals surface area contributed by atoms with Crippen LogP contribution in [0.3, 0.4) is 0 Å². The minimum Gasteiger partial charge on any atom is -0.369 e. The van der Waals surface area contributed by atoms with Crippen molar-refractivity contribution in [3.8, 4) is 0 Å². The first kappa shape index (κ1) is 16.7. The maximum atomic E-state index is 12.6. The second-order valence-corrected chi connectivity index (χ2v) is 4.65. The topological polar surface area (TPSA) is 63.0 Å². The molecule has 0 unspecified atom stereocenters. The minimum atomic E-state index is -4.61. The van der Waals surface area contributed by atoms with E-state index in [1.807, 2.05) is 5.43 Å². The molecule has 1 aromatic rings. The largest absolute Gasteiger partial charge is 0.441 e. The molecule has 1 aromatic heterocycles. The number of thioether (sulfide) groups is 1. The van der Waals surface area contributed by atoms with Crippen molar-refractivity contribution >= 4 is 23.4 Å². The number of alkyl halides is 6. The van der Waals surface area contributed by atoms with Gasteiger partial charge < -0.3 is 10.7 Å². The first-order valence-corrected chi connectivity index (χ1v) is 6.11. The monoisotopic (exact) mass is 320 g/mol. The molecule has 4 nitrogen and oxygen atoms in total. The first-order valence-electron chi connectivity index (χ1n) is 5.12. The molecule has 0 aliphatic rings. The number of halogens is 6. The zero-order chi connectivity index (χ0) is 15.4. The second kappa shape index (κ2) is 6.39. The van der Waals surface area contributed by atoms with Crippen LogP contribution in [0.5, 0.6) is 0 Å². The molecule has 1 rings (SSSR count). The summed E-state index contributed by atoms with van der Waals surface area (Å²) in [5, 5.41) is 2.38. The normalized spacial score (nSPS) is 12.3. The molecule has 0 bridgehead atoms. The van der Waals surface area contributed by atoms with Crippen LogP contribution in [-0.2, 0) is 6.18 Å². The van der Waals surface area contributed by atoms with Crippen LogP contribution in [0.2, 0.25) is 0 Å². The number of hydrogen-bond donors (Lipinski definition) is 3. The summed E-state index contributed by atoms with van der Waals surface area (Å²) in [7, 11) is 0. The average Bonchev–Trinajstić information content (AvgIpc) is 2.32. The lowest BCUT2D eigenvalue weighted by atomic mass is 10.2. The standard InChI is InChI=1S/C9H10F6N4S/c10-8(11,12)5-3-6(18-7(4-5)19-16)17-1-2-20-9(13,14)15/h3-4H,1-2,16H2,(H2,17,18,19). The fourth-order valence-electron chi connectivity index (χ4n) is 1.20. The molecule has 0 atom stereocenters. The molecule has 0 aliphatic carbocycles. The van der Waals surface area contributed by atoms with Crippen LogP contribution in [0.25, 0.3) is 0 Å². The van der Waals surface area contributed by atoms with E-state index in [9.17, 15) is 26.3 Å². The van der Waals surface area contributed by atoms with Crippen LogP contribution in [-0.4, -0.2) is 22.8 Å². The lowest BCUT2D eigenvalue weighted by Gasteiger charge is -2.12. The fraction of sp³-hybridized carbons (Fsp3) is 0.444. The third-order valence-corrected chi connectivity index (χ3v) is 2.71. The highest BCUT2D eigenvalue weighted by molar-refractivity contribution is 8.00. The van der Waals surface area contributed by atoms with Gasteiger partial charge in [-0.15, -0.1) is 0 Å². The average molecular weight is 320 g/mol. The van der Waals surface area contributed by atoms with Gasteiger partial charge in [0, 0.05) is 12.3 Å². The molecule has 0 radical (unpaired) electrons. The van der Waals surface area contributed by atoms with E-state index >= 15 is 0 Å². The van der Waals surface area contributed by atoms with Gasteiger partial charge in [0.05, 0.1) is 5.56 Å². The van der Waals surface area contributed by atoms with Crippen molar-refractivity contribution in [1.29, 1.82) is 0 Å². The zero-order valence-corrected chi connectivity index (χ0v) is 10.6. The SMILES string of the molecule is NNc1cc(C(F)(F)F)cc(NCCSC(F)(F)F)n1. The van der Waals surface area contributed by atoms with Crippen LogP contribution in [0.1, 0.15) is 5.56 Å². The van der Waals surface area contributed by atoms with Gasteiger partial charge in [-0.1, -0.05) is 0 Å². The van der Waals surface area contributed by atoms with E-state index in [0.717, 1.165) is 0 Å². The number of nitrogens with two attached hydrogens (primary N) is 1. The molecule has 0 spiro atoms. The van der Waals surface area contributed by atoms with Gasteiger partial charge in [0.15, 0.2) is 0 Å². The highest BCUT2D eigenvalue weighted by Gasteiger charge is 2.31. The quantitative estimate of drug-likeness (QED) is 0.337. The molecule has 114 valence electrons. The van der Waals surface area contributed by atoms with Gasteiger partial charge in [0.2, 0.25) is 0 Å². The summed E-state index contributed by atoms with van der Waals surface area (Å²) in [6.07, 6.45) is -4.61. The van der Waals surface area contributed by atoms with Crippen molar-refractivity contribution in [2.75, 3.05) is 23.0 Å². The van der Waals surface area contributed by atoms with Gasteiger partial charge in [-0.05, 0) is 23.9 Å². The van der Waals surface area contributed by atoms with E-state index in [4.69, 9.17) is 5.84 Å². The highest BCUT2D eigenvalue weighted by atomic mass is 32.2. The van der Waals surface area contributed by atoms with E-state index in [2.05, 4.69) is 10.3 Å². The molecule has 0 aromatic carbocycles. The van der Waals surface area contributed by atoms with Gasteiger partial charge in [-0.25, -0.2) is 10.8 Å². The smallest absolute Gasteiger partial charge is 0.369 e. The molecule has 0 aliphatic heterocycles. The van der Waals surface area contributed by atoms with Crippen LogP contribution in [0.4, 0.5) is 38.0 Å². The van der Waals surface area contributed by atoms with E-state index in [1.165, 1.54) is 0 Å². The maximum absolute atomic E-state index is 12.6. The van der Waals surface area contributed by atoms with Crippen molar-refractivity contribution in [2.24, 2.45) is 5.84 Å². The number of pyridine rings is 1. The lowest BCUT2D eigenvalue weighted by molar-refractivity contribution is -0.137. The van der Waals surface area contributed by atoms with E-state index in [-0.39, 0.29) is 35.7 Å². The summed E-state index contributed by atoms with van der Waals surface area (Å²) in [6, 6.07) is 1.38. The summed E-state index contributed by atoms with van der Waals surface area (Å²) in [5.41, 5.74) is -3.43. The molecule has 0 amide bonds. The van der Waals surface area contributed by atoms with Crippen LogP contribution in [0, 0.1) is 0 Å². The van der Waals surface area contributed by atoms with Gasteiger partial charge in [0.25, 0.3) is 0 Å². The Kier molecular flexibility index (Phi) is 5.34. The van der Waals surface area contributed by atoms with Crippen LogP contribution in [0.15, 0.2) is 12.1 Å². The number of anilines is 2. The molecular formula is C9H10F6N4S. The van der Waals surface area contributed by atoms with Crippen molar-refractivity contribution in [3.05, 3.63) is 17.7 Å². The zero-order valence-electron chi connectivity index (χ0n) is 9.77. The Morgan fingerprint density at radius 3 is 2.20 bits per heavy atom. The maximum Gasteiger partial charge on any atom is 0.441 e. The number of nitrogens with zero attached hydrogens (tertiary/aromatic N) is 1. The fourth-order valence-corrected chi connectivity index (χ4v) is 1.64. The van der Waals surface area contributed by atoms with Crippen molar-refractivity contribution in [1.82, 2.24) is 4.98 Å². The molecule has 0 saturated carbocycles. The Morgan fingerprint density at radius 1 is 1.10 bits per heavy atom. The Bertz CT molecular complexity index is 447. The van der Waals surface area contributed by atoms with E-state index in [0.29, 0.717) is 12.1 Å². The van der Waals surface area contributed by atoms with Crippen LogP contribution >= 0.6 is 11.8 Å². The lowest BCUT2D eigenvalue weighted by Crippen LogP contribution is -2.15. The number of nitrogens with one attached hydrogen (secondary N) is 2. The number of nitrogen functional groups attached to an aromatic ring is 1.